The molecule has 3 N–H and O–H groups in total. The van der Waals surface area contributed by atoms with Gasteiger partial charge in [0.1, 0.15) is 5.69 Å². The summed E-state index contributed by atoms with van der Waals surface area (Å²) in [4.78, 5) is 24.7. The molecule has 0 bridgehead atoms. The van der Waals surface area contributed by atoms with Gasteiger partial charge in [0.05, 0.1) is 21.3 Å². The highest BCUT2D eigenvalue weighted by Gasteiger charge is 2.13. The number of carboxylic acid groups (broad SMARTS) is 1. The fourth-order valence-electron chi connectivity index (χ4n) is 1.60. The topological polar surface area (TPSA) is 94.0 Å². The molecule has 7 heteroatoms. The van der Waals surface area contributed by atoms with Crippen LogP contribution in [0.2, 0.25) is 10.0 Å². The fourth-order valence-corrected chi connectivity index (χ4v) is 1.90. The molecule has 0 atom stereocenters. The minimum Gasteiger partial charge on any atom is -0.477 e. The lowest BCUT2D eigenvalue weighted by Gasteiger charge is -2.05. The molecule has 0 aliphatic carbocycles. The molecule has 1 aromatic carbocycles. The number of aromatic amines is 1. The van der Waals surface area contributed by atoms with Gasteiger partial charge in [-0.15, -0.1) is 0 Å². The summed E-state index contributed by atoms with van der Waals surface area (Å²) in [6, 6.07) is 7.06. The number of H-pyrrole nitrogens is 1. The number of nitrogens with one attached hydrogen (secondary N) is 2. The van der Waals surface area contributed by atoms with Crippen LogP contribution in [0, 0.1) is 5.41 Å². The van der Waals surface area contributed by atoms with Crippen molar-refractivity contribution in [3.63, 3.8) is 0 Å². The minimum atomic E-state index is -1.24. The molecule has 2 rings (SSSR count). The van der Waals surface area contributed by atoms with E-state index in [0.717, 1.165) is 0 Å². The molecular weight excluding hydrogens is 303 g/mol. The second kappa shape index (κ2) is 5.48. The molecular formula is C13H8Cl2N2O3. The second-order valence-corrected chi connectivity index (χ2v) is 4.74. The summed E-state index contributed by atoms with van der Waals surface area (Å²) in [6.45, 7) is 0. The normalized spacial score (nSPS) is 10.3. The smallest absolute Gasteiger partial charge is 0.352 e. The van der Waals surface area contributed by atoms with Gasteiger partial charge >= 0.3 is 5.97 Å². The van der Waals surface area contributed by atoms with Gasteiger partial charge in [-0.25, -0.2) is 4.79 Å². The molecule has 2 aromatic rings. The van der Waals surface area contributed by atoms with Crippen molar-refractivity contribution < 1.29 is 9.90 Å². The van der Waals surface area contributed by atoms with Crippen LogP contribution in [0.4, 0.5) is 0 Å². The first-order valence-corrected chi connectivity index (χ1v) is 6.16. The molecule has 0 aliphatic rings. The van der Waals surface area contributed by atoms with Crippen LogP contribution in [0.25, 0.3) is 0 Å². The van der Waals surface area contributed by atoms with Gasteiger partial charge < -0.3 is 10.1 Å². The average Bonchev–Trinajstić information content (AvgIpc) is 2.41. The number of halogens is 2. The van der Waals surface area contributed by atoms with Gasteiger partial charge in [0, 0.05) is 5.56 Å². The van der Waals surface area contributed by atoms with E-state index in [4.69, 9.17) is 33.7 Å². The molecule has 1 heterocycles. The van der Waals surface area contributed by atoms with Crippen LogP contribution in [-0.4, -0.2) is 21.8 Å². The lowest BCUT2D eigenvalue weighted by atomic mass is 10.0. The van der Waals surface area contributed by atoms with E-state index in [1.807, 2.05) is 0 Å². The van der Waals surface area contributed by atoms with E-state index in [1.165, 1.54) is 24.3 Å². The summed E-state index contributed by atoms with van der Waals surface area (Å²) in [7, 11) is 0. The molecule has 0 amide bonds. The van der Waals surface area contributed by atoms with Crippen molar-refractivity contribution in [3.8, 4) is 0 Å². The maximum atomic E-state index is 11.8. The van der Waals surface area contributed by atoms with Gasteiger partial charge in [0.2, 0.25) is 0 Å². The number of hydrogen-bond acceptors (Lipinski definition) is 3. The van der Waals surface area contributed by atoms with Gasteiger partial charge in [-0.05, 0) is 24.3 Å². The number of aromatic nitrogens is 1. The van der Waals surface area contributed by atoms with Crippen molar-refractivity contribution in [3.05, 3.63) is 67.6 Å². The SMILES string of the molecule is N=C(c1ccc(Cl)c(Cl)c1)c1ccc(C(=O)O)[nH]c1=O. The summed E-state index contributed by atoms with van der Waals surface area (Å²) < 4.78 is 0. The van der Waals surface area contributed by atoms with Crippen LogP contribution in [-0.2, 0) is 0 Å². The highest BCUT2D eigenvalue weighted by molar-refractivity contribution is 6.42. The van der Waals surface area contributed by atoms with Crippen LogP contribution < -0.4 is 5.56 Å². The van der Waals surface area contributed by atoms with Gasteiger partial charge in [0.15, 0.2) is 0 Å². The number of carboxylic acids is 1. The molecule has 0 spiro atoms. The van der Waals surface area contributed by atoms with E-state index < -0.39 is 11.5 Å². The first-order valence-electron chi connectivity index (χ1n) is 5.41. The number of rotatable bonds is 3. The monoisotopic (exact) mass is 310 g/mol. The molecule has 0 aliphatic heterocycles. The van der Waals surface area contributed by atoms with E-state index in [1.54, 1.807) is 6.07 Å². The van der Waals surface area contributed by atoms with Crippen LogP contribution >= 0.6 is 23.2 Å². The zero-order valence-electron chi connectivity index (χ0n) is 9.91. The lowest BCUT2D eigenvalue weighted by molar-refractivity contribution is 0.0690. The van der Waals surface area contributed by atoms with Crippen LogP contribution in [0.1, 0.15) is 21.6 Å². The van der Waals surface area contributed by atoms with E-state index in [9.17, 15) is 9.59 Å². The Labute approximate surface area is 123 Å². The summed E-state index contributed by atoms with van der Waals surface area (Å²) in [5.41, 5.74) is -0.496. The number of benzene rings is 1. The predicted octanol–water partition coefficient (Wildman–Crippen LogP) is 2.80. The quantitative estimate of drug-likeness (QED) is 0.761. The van der Waals surface area contributed by atoms with Gasteiger partial charge in [-0.1, -0.05) is 29.3 Å². The Bertz CT molecular complexity index is 768. The van der Waals surface area contributed by atoms with E-state index >= 15 is 0 Å². The van der Waals surface area contributed by atoms with Crippen molar-refractivity contribution in [2.24, 2.45) is 0 Å². The maximum Gasteiger partial charge on any atom is 0.352 e. The highest BCUT2D eigenvalue weighted by atomic mass is 35.5. The van der Waals surface area contributed by atoms with Crippen molar-refractivity contribution in [2.75, 3.05) is 0 Å². The van der Waals surface area contributed by atoms with E-state index in [2.05, 4.69) is 4.98 Å². The number of carbonyl (C=O) groups is 1. The molecule has 1 aromatic heterocycles. The number of hydrogen-bond donors (Lipinski definition) is 3. The molecule has 0 saturated carbocycles. The highest BCUT2D eigenvalue weighted by Crippen LogP contribution is 2.23. The van der Waals surface area contributed by atoms with Crippen LogP contribution in [0.15, 0.2) is 35.1 Å². The predicted molar refractivity (Wildman–Crippen MR) is 76.4 cm³/mol. The molecule has 0 radical (unpaired) electrons. The summed E-state index contributed by atoms with van der Waals surface area (Å²) in [5, 5.41) is 17.4. The second-order valence-electron chi connectivity index (χ2n) is 3.92. The van der Waals surface area contributed by atoms with Crippen LogP contribution in [0.3, 0.4) is 0 Å². The van der Waals surface area contributed by atoms with Crippen molar-refractivity contribution in [2.45, 2.75) is 0 Å². The van der Waals surface area contributed by atoms with E-state index in [-0.39, 0.29) is 22.0 Å². The first kappa shape index (κ1) is 14.3. The van der Waals surface area contributed by atoms with Crippen molar-refractivity contribution in [1.29, 1.82) is 5.41 Å². The minimum absolute atomic E-state index is 0.0494. The van der Waals surface area contributed by atoms with Crippen LogP contribution in [0.5, 0.6) is 0 Å². The Kier molecular flexibility index (Phi) is 3.92. The molecule has 102 valence electrons. The third-order valence-corrected chi connectivity index (χ3v) is 3.36. The fraction of sp³-hybridized carbons (Fsp3) is 0. The van der Waals surface area contributed by atoms with Gasteiger partial charge in [-0.2, -0.15) is 0 Å². The molecule has 0 fully saturated rings. The molecule has 0 unspecified atom stereocenters. The zero-order valence-corrected chi connectivity index (χ0v) is 11.4. The molecule has 0 saturated heterocycles. The average molecular weight is 311 g/mol. The van der Waals surface area contributed by atoms with Crippen molar-refractivity contribution >= 4 is 34.9 Å². The number of pyridine rings is 1. The van der Waals surface area contributed by atoms with Gasteiger partial charge in [0.25, 0.3) is 5.56 Å². The largest absolute Gasteiger partial charge is 0.477 e. The first-order chi connectivity index (χ1) is 9.40. The van der Waals surface area contributed by atoms with E-state index in [0.29, 0.717) is 10.6 Å². The number of aromatic carboxylic acids is 1. The maximum absolute atomic E-state index is 11.8. The summed E-state index contributed by atoms with van der Waals surface area (Å²) in [6.07, 6.45) is 0. The Morgan fingerprint density at radius 1 is 1.15 bits per heavy atom. The van der Waals surface area contributed by atoms with Gasteiger partial charge in [-0.3, -0.25) is 10.2 Å². The summed E-state index contributed by atoms with van der Waals surface area (Å²) >= 11 is 11.6. The third kappa shape index (κ3) is 2.74. The Morgan fingerprint density at radius 2 is 1.85 bits per heavy atom. The van der Waals surface area contributed by atoms with Crippen molar-refractivity contribution in [1.82, 2.24) is 4.98 Å². The Morgan fingerprint density at radius 3 is 2.40 bits per heavy atom. The molecule has 5 nitrogen and oxygen atoms in total. The third-order valence-electron chi connectivity index (χ3n) is 2.62. The Hall–Kier alpha value is -2.11. The lowest BCUT2D eigenvalue weighted by Crippen LogP contribution is -2.21. The zero-order chi connectivity index (χ0) is 14.9. The molecule has 20 heavy (non-hydrogen) atoms. The standard InChI is InChI=1S/C13H8Cl2N2O3/c14-8-3-1-6(5-9(8)15)11(16)7-2-4-10(13(19)20)17-12(7)18/h1-5,16H,(H,17,18)(H,19,20). The summed E-state index contributed by atoms with van der Waals surface area (Å²) in [5.74, 6) is -1.24. The Balaban J connectivity index is 2.46.